The number of thiazole rings is 1. The molecule has 0 atom stereocenters. The molecular weight excluding hydrogens is 455 g/mol. The normalized spacial score (nSPS) is 11.2. The van der Waals surface area contributed by atoms with E-state index in [0.29, 0.717) is 37.4 Å². The molecule has 0 fully saturated rings. The summed E-state index contributed by atoms with van der Waals surface area (Å²) in [6.07, 6.45) is 0. The number of halogens is 2. The first-order valence-electron chi connectivity index (χ1n) is 9.17. The summed E-state index contributed by atoms with van der Waals surface area (Å²) in [7, 11) is 0. The van der Waals surface area contributed by atoms with E-state index >= 15 is 0 Å². The number of amides is 1. The Hall–Kier alpha value is -3.19. The molecule has 2 heterocycles. The number of aromatic nitrogens is 1. The number of fused-ring (bicyclic) bond motifs is 3. The van der Waals surface area contributed by atoms with Crippen LogP contribution in [0.1, 0.15) is 10.4 Å². The Labute approximate surface area is 189 Å². The molecule has 31 heavy (non-hydrogen) atoms. The van der Waals surface area contributed by atoms with Gasteiger partial charge in [0.25, 0.3) is 5.91 Å². The van der Waals surface area contributed by atoms with Gasteiger partial charge in [-0.2, -0.15) is 0 Å². The molecular formula is C23H12Cl2N2O3S. The molecule has 8 heteroatoms. The Bertz CT molecular complexity index is 1540. The molecule has 1 amide bonds. The fraction of sp³-hybridized carbons (Fsp3) is 0. The predicted molar refractivity (Wildman–Crippen MR) is 126 cm³/mol. The average Bonchev–Trinajstić information content (AvgIpc) is 3.21. The second kappa shape index (κ2) is 7.81. The zero-order valence-corrected chi connectivity index (χ0v) is 18.0. The fourth-order valence-electron chi connectivity index (χ4n) is 3.35. The van der Waals surface area contributed by atoms with Crippen LogP contribution in [0.3, 0.4) is 0 Å². The van der Waals surface area contributed by atoms with Crippen molar-refractivity contribution in [1.29, 1.82) is 0 Å². The second-order valence-electron chi connectivity index (χ2n) is 6.76. The smallest absolute Gasteiger partial charge is 0.349 e. The summed E-state index contributed by atoms with van der Waals surface area (Å²) in [6, 6.07) is 18.0. The van der Waals surface area contributed by atoms with E-state index < -0.39 is 11.5 Å². The van der Waals surface area contributed by atoms with E-state index in [1.807, 2.05) is 30.3 Å². The van der Waals surface area contributed by atoms with Gasteiger partial charge in [0.1, 0.15) is 11.1 Å². The van der Waals surface area contributed by atoms with E-state index in [-0.39, 0.29) is 5.56 Å². The molecule has 0 unspecified atom stereocenters. The highest BCUT2D eigenvalue weighted by atomic mass is 35.5. The van der Waals surface area contributed by atoms with Crippen LogP contribution in [-0.2, 0) is 0 Å². The van der Waals surface area contributed by atoms with Crippen molar-refractivity contribution in [2.24, 2.45) is 0 Å². The number of nitrogens with zero attached hydrogens (tertiary/aromatic N) is 1. The Kier molecular flexibility index (Phi) is 4.98. The number of carbonyl (C=O) groups excluding carboxylic acids is 1. The Morgan fingerprint density at radius 2 is 1.84 bits per heavy atom. The molecule has 152 valence electrons. The van der Waals surface area contributed by atoms with Crippen LogP contribution < -0.4 is 10.9 Å². The van der Waals surface area contributed by atoms with Gasteiger partial charge < -0.3 is 4.42 Å². The Balaban J connectivity index is 1.49. The van der Waals surface area contributed by atoms with E-state index in [0.717, 1.165) is 10.8 Å². The van der Waals surface area contributed by atoms with Gasteiger partial charge in [0.2, 0.25) is 0 Å². The van der Waals surface area contributed by atoms with E-state index in [1.54, 1.807) is 35.7 Å². The van der Waals surface area contributed by atoms with Gasteiger partial charge in [-0.3, -0.25) is 10.1 Å². The topological polar surface area (TPSA) is 72.2 Å². The maximum Gasteiger partial charge on any atom is 0.349 e. The number of rotatable bonds is 3. The molecule has 0 bridgehead atoms. The minimum absolute atomic E-state index is 0.0925. The van der Waals surface area contributed by atoms with Crippen molar-refractivity contribution in [3.05, 3.63) is 92.1 Å². The van der Waals surface area contributed by atoms with Gasteiger partial charge in [-0.25, -0.2) is 9.78 Å². The summed E-state index contributed by atoms with van der Waals surface area (Å²) < 4.78 is 5.40. The number of hydrogen-bond donors (Lipinski definition) is 1. The van der Waals surface area contributed by atoms with Crippen molar-refractivity contribution in [2.45, 2.75) is 0 Å². The molecule has 0 spiro atoms. The first-order valence-corrected chi connectivity index (χ1v) is 10.8. The number of hydrogen-bond acceptors (Lipinski definition) is 5. The average molecular weight is 467 g/mol. The van der Waals surface area contributed by atoms with E-state index in [1.165, 1.54) is 11.3 Å². The first-order chi connectivity index (χ1) is 15.0. The second-order valence-corrected chi connectivity index (χ2v) is 8.46. The minimum Gasteiger partial charge on any atom is -0.422 e. The highest BCUT2D eigenvalue weighted by molar-refractivity contribution is 7.14. The molecule has 3 aromatic carbocycles. The zero-order chi connectivity index (χ0) is 21.5. The molecule has 5 nitrogen and oxygen atoms in total. The van der Waals surface area contributed by atoms with Gasteiger partial charge in [-0.1, -0.05) is 53.5 Å². The van der Waals surface area contributed by atoms with Gasteiger partial charge in [0.15, 0.2) is 5.13 Å². The molecule has 0 aliphatic carbocycles. The summed E-state index contributed by atoms with van der Waals surface area (Å²) in [5, 5.41) is 8.32. The van der Waals surface area contributed by atoms with Gasteiger partial charge >= 0.3 is 5.63 Å². The van der Waals surface area contributed by atoms with Crippen molar-refractivity contribution < 1.29 is 9.21 Å². The number of nitrogens with one attached hydrogen (secondary N) is 1. The zero-order valence-electron chi connectivity index (χ0n) is 15.7. The molecule has 0 aliphatic heterocycles. The summed E-state index contributed by atoms with van der Waals surface area (Å²) in [6.45, 7) is 0. The monoisotopic (exact) mass is 466 g/mol. The summed E-state index contributed by atoms with van der Waals surface area (Å²) in [4.78, 5) is 29.7. The molecule has 1 N–H and O–H groups in total. The van der Waals surface area contributed by atoms with Crippen LogP contribution >= 0.6 is 34.5 Å². The van der Waals surface area contributed by atoms with Crippen LogP contribution in [-0.4, -0.2) is 10.9 Å². The highest BCUT2D eigenvalue weighted by Gasteiger charge is 2.17. The van der Waals surface area contributed by atoms with E-state index in [9.17, 15) is 9.59 Å². The number of carbonyl (C=O) groups is 1. The summed E-state index contributed by atoms with van der Waals surface area (Å²) in [5.74, 6) is -0.591. The molecule has 2 aromatic heterocycles. The third-order valence-corrected chi connectivity index (χ3v) is 6.12. The van der Waals surface area contributed by atoms with Crippen molar-refractivity contribution >= 4 is 67.3 Å². The molecule has 0 radical (unpaired) electrons. The predicted octanol–water partition coefficient (Wildman–Crippen LogP) is 6.63. The quantitative estimate of drug-likeness (QED) is 0.239. The van der Waals surface area contributed by atoms with Crippen LogP contribution in [0.15, 0.2) is 75.3 Å². The summed E-state index contributed by atoms with van der Waals surface area (Å²) in [5.41, 5.74) is 0.912. The molecule has 0 saturated heterocycles. The van der Waals surface area contributed by atoms with Crippen LogP contribution in [0.25, 0.3) is 33.0 Å². The third kappa shape index (κ3) is 3.70. The largest absolute Gasteiger partial charge is 0.422 e. The Morgan fingerprint density at radius 3 is 2.68 bits per heavy atom. The summed E-state index contributed by atoms with van der Waals surface area (Å²) >= 11 is 13.4. The minimum atomic E-state index is -0.710. The Morgan fingerprint density at radius 1 is 1.00 bits per heavy atom. The van der Waals surface area contributed by atoms with Crippen molar-refractivity contribution in [3.8, 4) is 11.3 Å². The van der Waals surface area contributed by atoms with E-state index in [2.05, 4.69) is 10.3 Å². The van der Waals surface area contributed by atoms with Crippen LogP contribution in [0.5, 0.6) is 0 Å². The van der Waals surface area contributed by atoms with E-state index in [4.69, 9.17) is 27.6 Å². The molecule has 0 saturated carbocycles. The highest BCUT2D eigenvalue weighted by Crippen LogP contribution is 2.32. The van der Waals surface area contributed by atoms with Crippen LogP contribution in [0.2, 0.25) is 10.0 Å². The van der Waals surface area contributed by atoms with Crippen LogP contribution in [0.4, 0.5) is 5.13 Å². The molecule has 0 aliphatic rings. The lowest BCUT2D eigenvalue weighted by Crippen LogP contribution is -2.20. The fourth-order valence-corrected chi connectivity index (χ4v) is 4.56. The van der Waals surface area contributed by atoms with Crippen LogP contribution in [0, 0.1) is 0 Å². The maximum absolute atomic E-state index is 12.8. The maximum atomic E-state index is 12.8. The number of anilines is 1. The van der Waals surface area contributed by atoms with Gasteiger partial charge in [0, 0.05) is 21.4 Å². The standard InChI is InChI=1S/C23H12Cl2N2O3S/c24-13-6-7-15(18(25)9-13)19-11-31-23(26-19)27-21(28)17-10-16-14-4-2-1-3-12(14)5-8-20(16)30-22(17)29/h1-11H,(H,26,27,28). The van der Waals surface area contributed by atoms with Crippen molar-refractivity contribution in [3.63, 3.8) is 0 Å². The van der Waals surface area contributed by atoms with Gasteiger partial charge in [-0.15, -0.1) is 11.3 Å². The molecule has 5 aromatic rings. The van der Waals surface area contributed by atoms with Crippen molar-refractivity contribution in [1.82, 2.24) is 4.98 Å². The van der Waals surface area contributed by atoms with Gasteiger partial charge in [0.05, 0.1) is 10.7 Å². The lowest BCUT2D eigenvalue weighted by atomic mass is 10.0. The lowest BCUT2D eigenvalue weighted by Gasteiger charge is -2.05. The molecule has 5 rings (SSSR count). The lowest BCUT2D eigenvalue weighted by molar-refractivity contribution is 0.102. The number of benzene rings is 3. The third-order valence-electron chi connectivity index (χ3n) is 4.82. The van der Waals surface area contributed by atoms with Crippen molar-refractivity contribution in [2.75, 3.05) is 5.32 Å². The van der Waals surface area contributed by atoms with Gasteiger partial charge in [-0.05, 0) is 41.1 Å². The first kappa shape index (κ1) is 19.8. The SMILES string of the molecule is O=C(Nc1nc(-c2ccc(Cl)cc2Cl)cs1)c1cc2c(ccc3ccccc32)oc1=O.